The van der Waals surface area contributed by atoms with E-state index in [2.05, 4.69) is 22.5 Å². The van der Waals surface area contributed by atoms with Gasteiger partial charge in [0.1, 0.15) is 0 Å². The lowest BCUT2D eigenvalue weighted by Gasteiger charge is -2.18. The Balaban J connectivity index is 0.00000180. The second kappa shape index (κ2) is 9.00. The van der Waals surface area contributed by atoms with Crippen molar-refractivity contribution in [2.24, 2.45) is 10.9 Å². The number of aliphatic hydroxyl groups is 1. The molecule has 0 aromatic heterocycles. The van der Waals surface area contributed by atoms with E-state index in [1.54, 1.807) is 0 Å². The summed E-state index contributed by atoms with van der Waals surface area (Å²) in [7, 11) is 0. The van der Waals surface area contributed by atoms with Gasteiger partial charge in [-0.05, 0) is 32.6 Å². The van der Waals surface area contributed by atoms with Crippen LogP contribution >= 0.6 is 24.0 Å². The molecule has 0 amide bonds. The quantitative estimate of drug-likeness (QED) is 0.398. The van der Waals surface area contributed by atoms with E-state index >= 15 is 0 Å². The van der Waals surface area contributed by atoms with Gasteiger partial charge < -0.3 is 15.7 Å². The number of halogens is 1. The Labute approximate surface area is 133 Å². The summed E-state index contributed by atoms with van der Waals surface area (Å²) in [6, 6.07) is 0.594. The van der Waals surface area contributed by atoms with Gasteiger partial charge in [-0.25, -0.2) is 0 Å². The van der Waals surface area contributed by atoms with Crippen LogP contribution in [-0.2, 0) is 0 Å². The molecule has 0 spiro atoms. The number of aliphatic imine (C=N–C) groups is 1. The molecule has 0 radical (unpaired) electrons. The van der Waals surface area contributed by atoms with Crippen molar-refractivity contribution in [2.45, 2.75) is 64.0 Å². The highest BCUT2D eigenvalue weighted by Crippen LogP contribution is 2.25. The molecule has 0 aliphatic heterocycles. The third-order valence-electron chi connectivity index (χ3n) is 4.14. The number of aliphatic hydroxyl groups excluding tert-OH is 1. The van der Waals surface area contributed by atoms with Gasteiger partial charge in [0, 0.05) is 25.0 Å². The molecule has 2 atom stereocenters. The van der Waals surface area contributed by atoms with E-state index in [0.717, 1.165) is 38.3 Å². The lowest BCUT2D eigenvalue weighted by atomic mass is 10.1. The zero-order valence-electron chi connectivity index (χ0n) is 11.9. The summed E-state index contributed by atoms with van der Waals surface area (Å²) in [5.41, 5.74) is 0. The van der Waals surface area contributed by atoms with E-state index in [1.165, 1.54) is 25.7 Å². The van der Waals surface area contributed by atoms with Crippen molar-refractivity contribution < 1.29 is 5.11 Å². The molecular weight excluding hydrogens is 353 g/mol. The van der Waals surface area contributed by atoms with E-state index in [4.69, 9.17) is 0 Å². The smallest absolute Gasteiger partial charge is 0.191 e. The maximum absolute atomic E-state index is 9.81. The van der Waals surface area contributed by atoms with Gasteiger partial charge in [-0.2, -0.15) is 0 Å². The van der Waals surface area contributed by atoms with Crippen LogP contribution in [0, 0.1) is 5.92 Å². The van der Waals surface area contributed by atoms with Gasteiger partial charge in [-0.1, -0.05) is 19.3 Å². The Hall–Kier alpha value is -0.0400. The average molecular weight is 381 g/mol. The van der Waals surface area contributed by atoms with Gasteiger partial charge in [0.15, 0.2) is 5.96 Å². The molecule has 0 aromatic carbocycles. The molecule has 2 aliphatic carbocycles. The molecule has 112 valence electrons. The predicted molar refractivity (Wildman–Crippen MR) is 90.1 cm³/mol. The fraction of sp³-hybridized carbons (Fsp3) is 0.929. The molecule has 0 aromatic rings. The maximum atomic E-state index is 9.81. The first-order valence-electron chi connectivity index (χ1n) is 7.52. The highest BCUT2D eigenvalue weighted by Gasteiger charge is 2.25. The monoisotopic (exact) mass is 381 g/mol. The molecule has 4 nitrogen and oxygen atoms in total. The SMILES string of the molecule is CCNC(=NCC1CCCC1O)NC1CCCC1.I. The van der Waals surface area contributed by atoms with Crippen molar-refractivity contribution >= 4 is 29.9 Å². The van der Waals surface area contributed by atoms with Crippen LogP contribution in [0.25, 0.3) is 0 Å². The molecule has 19 heavy (non-hydrogen) atoms. The number of nitrogens with zero attached hydrogens (tertiary/aromatic N) is 1. The van der Waals surface area contributed by atoms with Crippen molar-refractivity contribution in [1.29, 1.82) is 0 Å². The van der Waals surface area contributed by atoms with Crippen LogP contribution < -0.4 is 10.6 Å². The van der Waals surface area contributed by atoms with Crippen molar-refractivity contribution in [2.75, 3.05) is 13.1 Å². The van der Waals surface area contributed by atoms with E-state index < -0.39 is 0 Å². The molecule has 2 saturated carbocycles. The minimum atomic E-state index is -0.136. The zero-order chi connectivity index (χ0) is 12.8. The first-order chi connectivity index (χ1) is 8.79. The van der Waals surface area contributed by atoms with E-state index in [9.17, 15) is 5.11 Å². The minimum Gasteiger partial charge on any atom is -0.393 e. The molecule has 2 unspecified atom stereocenters. The zero-order valence-corrected chi connectivity index (χ0v) is 14.2. The average Bonchev–Trinajstić information content (AvgIpc) is 2.98. The maximum Gasteiger partial charge on any atom is 0.191 e. The van der Waals surface area contributed by atoms with Crippen LogP contribution in [0.3, 0.4) is 0 Å². The van der Waals surface area contributed by atoms with E-state index in [1.807, 2.05) is 0 Å². The standard InChI is InChI=1S/C14H27N3O.HI/c1-2-15-14(17-12-7-3-4-8-12)16-10-11-6-5-9-13(11)18;/h11-13,18H,2-10H2,1H3,(H2,15,16,17);1H. The molecule has 5 heteroatoms. The van der Waals surface area contributed by atoms with Crippen LogP contribution in [0.4, 0.5) is 0 Å². The normalized spacial score (nSPS) is 28.2. The fourth-order valence-corrected chi connectivity index (χ4v) is 3.02. The number of hydrogen-bond donors (Lipinski definition) is 3. The van der Waals surface area contributed by atoms with Gasteiger partial charge in [0.05, 0.1) is 6.10 Å². The van der Waals surface area contributed by atoms with Crippen molar-refractivity contribution in [1.82, 2.24) is 10.6 Å². The van der Waals surface area contributed by atoms with Crippen LogP contribution in [0.1, 0.15) is 51.9 Å². The molecule has 0 saturated heterocycles. The number of hydrogen-bond acceptors (Lipinski definition) is 2. The first-order valence-corrected chi connectivity index (χ1v) is 7.52. The predicted octanol–water partition coefficient (Wildman–Crippen LogP) is 2.26. The Morgan fingerprint density at radius 3 is 2.47 bits per heavy atom. The van der Waals surface area contributed by atoms with E-state index in [0.29, 0.717) is 12.0 Å². The lowest BCUT2D eigenvalue weighted by molar-refractivity contribution is 0.136. The van der Waals surface area contributed by atoms with Gasteiger partial charge in [-0.15, -0.1) is 24.0 Å². The Bertz CT molecular complexity index is 280. The Kier molecular flexibility index (Phi) is 8.06. The summed E-state index contributed by atoms with van der Waals surface area (Å²) >= 11 is 0. The largest absolute Gasteiger partial charge is 0.393 e. The highest BCUT2D eigenvalue weighted by atomic mass is 127. The van der Waals surface area contributed by atoms with Crippen LogP contribution in [0.15, 0.2) is 4.99 Å². The fourth-order valence-electron chi connectivity index (χ4n) is 3.02. The van der Waals surface area contributed by atoms with Gasteiger partial charge in [-0.3, -0.25) is 4.99 Å². The summed E-state index contributed by atoms with van der Waals surface area (Å²) in [5.74, 6) is 1.30. The number of nitrogens with one attached hydrogen (secondary N) is 2. The van der Waals surface area contributed by atoms with Crippen molar-refractivity contribution in [3.63, 3.8) is 0 Å². The Morgan fingerprint density at radius 2 is 1.89 bits per heavy atom. The van der Waals surface area contributed by atoms with Gasteiger partial charge in [0.2, 0.25) is 0 Å². The molecular formula is C14H28IN3O. The van der Waals surface area contributed by atoms with E-state index in [-0.39, 0.29) is 30.1 Å². The van der Waals surface area contributed by atoms with Gasteiger partial charge in [0.25, 0.3) is 0 Å². The third kappa shape index (κ3) is 5.45. The summed E-state index contributed by atoms with van der Waals surface area (Å²) in [4.78, 5) is 4.64. The van der Waals surface area contributed by atoms with Crippen LogP contribution in [-0.4, -0.2) is 36.3 Å². The molecule has 3 N–H and O–H groups in total. The van der Waals surface area contributed by atoms with Crippen LogP contribution in [0.5, 0.6) is 0 Å². The molecule has 0 heterocycles. The summed E-state index contributed by atoms with van der Waals surface area (Å²) < 4.78 is 0. The van der Waals surface area contributed by atoms with Crippen molar-refractivity contribution in [3.05, 3.63) is 0 Å². The second-order valence-electron chi connectivity index (χ2n) is 5.60. The molecule has 2 rings (SSSR count). The Morgan fingerprint density at radius 1 is 1.16 bits per heavy atom. The minimum absolute atomic E-state index is 0. The lowest BCUT2D eigenvalue weighted by Crippen LogP contribution is -2.42. The molecule has 2 fully saturated rings. The number of rotatable bonds is 4. The molecule has 0 bridgehead atoms. The number of guanidine groups is 1. The first kappa shape index (κ1) is 17.0. The third-order valence-corrected chi connectivity index (χ3v) is 4.14. The highest BCUT2D eigenvalue weighted by molar-refractivity contribution is 14.0. The summed E-state index contributed by atoms with van der Waals surface area (Å²) in [6.45, 7) is 3.74. The molecule has 2 aliphatic rings. The summed E-state index contributed by atoms with van der Waals surface area (Å²) in [6.07, 6.45) is 8.26. The van der Waals surface area contributed by atoms with Crippen molar-refractivity contribution in [3.8, 4) is 0 Å². The topological polar surface area (TPSA) is 56.7 Å². The second-order valence-corrected chi connectivity index (χ2v) is 5.60. The van der Waals surface area contributed by atoms with Gasteiger partial charge >= 0.3 is 0 Å². The summed E-state index contributed by atoms with van der Waals surface area (Å²) in [5, 5.41) is 16.6. The van der Waals surface area contributed by atoms with Crippen LogP contribution in [0.2, 0.25) is 0 Å².